The van der Waals surface area contributed by atoms with Gasteiger partial charge in [0.2, 0.25) is 0 Å². The van der Waals surface area contributed by atoms with Gasteiger partial charge in [0.05, 0.1) is 18.3 Å². The van der Waals surface area contributed by atoms with Gasteiger partial charge in [0, 0.05) is 18.1 Å². The van der Waals surface area contributed by atoms with Gasteiger partial charge in [0.15, 0.2) is 5.78 Å². The van der Waals surface area contributed by atoms with Crippen LogP contribution in [0, 0.1) is 17.8 Å². The highest BCUT2D eigenvalue weighted by molar-refractivity contribution is 6.05. The van der Waals surface area contributed by atoms with Crippen LogP contribution in [0.5, 0.6) is 0 Å². The fourth-order valence-corrected chi connectivity index (χ4v) is 5.06. The number of aliphatic hydroxyl groups excluding tert-OH is 1. The van der Waals surface area contributed by atoms with E-state index in [1.54, 1.807) is 18.2 Å². The fraction of sp³-hybridized carbons (Fsp3) is 0.552. The Kier molecular flexibility index (Phi) is 11.9. The molecule has 0 heterocycles. The molecular weight excluding hydrogens is 444 g/mol. The average molecular weight is 485 g/mol. The van der Waals surface area contributed by atoms with Crippen molar-refractivity contribution >= 4 is 17.7 Å². The van der Waals surface area contributed by atoms with Gasteiger partial charge in [0.1, 0.15) is 0 Å². The van der Waals surface area contributed by atoms with Crippen LogP contribution >= 0.6 is 0 Å². The lowest BCUT2D eigenvalue weighted by atomic mass is 9.68. The van der Waals surface area contributed by atoms with E-state index in [1.165, 1.54) is 12.1 Å². The standard InChI is InChI=1S/C29H40O6/c1-4-23(30)11-7-6-10-20(3)26-18-21(19-35-28(32)5-2)14-15-22(26)16-17-27(31)24-12-8-9-13-25(24)29(33)34/h5,8-9,12-13,21-23,26,30H,2-4,6-7,10-11,14-19H2,1H3,(H,33,34). The third-order valence-corrected chi connectivity index (χ3v) is 7.21. The molecule has 0 bridgehead atoms. The summed E-state index contributed by atoms with van der Waals surface area (Å²) in [4.78, 5) is 35.9. The Morgan fingerprint density at radius 2 is 1.86 bits per heavy atom. The first-order valence-electron chi connectivity index (χ1n) is 12.8. The maximum atomic E-state index is 12.9. The normalized spacial score (nSPS) is 20.6. The minimum Gasteiger partial charge on any atom is -0.478 e. The number of aromatic carboxylic acids is 1. The van der Waals surface area contributed by atoms with Gasteiger partial charge in [-0.15, -0.1) is 0 Å². The highest BCUT2D eigenvalue weighted by Crippen LogP contribution is 2.42. The molecule has 4 unspecified atom stereocenters. The van der Waals surface area contributed by atoms with Gasteiger partial charge in [-0.1, -0.05) is 50.3 Å². The van der Waals surface area contributed by atoms with Gasteiger partial charge in [-0.05, 0) is 75.2 Å². The van der Waals surface area contributed by atoms with E-state index >= 15 is 0 Å². The topological polar surface area (TPSA) is 101 Å². The Labute approximate surface area is 209 Å². The van der Waals surface area contributed by atoms with E-state index in [4.69, 9.17) is 4.74 Å². The van der Waals surface area contributed by atoms with Crippen LogP contribution in [0.4, 0.5) is 0 Å². The summed E-state index contributed by atoms with van der Waals surface area (Å²) in [6, 6.07) is 6.36. The molecule has 0 spiro atoms. The summed E-state index contributed by atoms with van der Waals surface area (Å²) in [7, 11) is 0. The zero-order chi connectivity index (χ0) is 25.8. The van der Waals surface area contributed by atoms with Crippen molar-refractivity contribution in [3.8, 4) is 0 Å². The van der Waals surface area contributed by atoms with Crippen molar-refractivity contribution in [3.05, 3.63) is 60.2 Å². The number of esters is 1. The number of carboxylic acid groups (broad SMARTS) is 1. The molecule has 1 aliphatic rings. The molecule has 192 valence electrons. The van der Waals surface area contributed by atoms with E-state index in [0.29, 0.717) is 13.0 Å². The molecule has 1 saturated carbocycles. The zero-order valence-corrected chi connectivity index (χ0v) is 20.9. The summed E-state index contributed by atoms with van der Waals surface area (Å²) in [6.07, 6.45) is 8.85. The van der Waals surface area contributed by atoms with Gasteiger partial charge >= 0.3 is 11.9 Å². The van der Waals surface area contributed by atoms with Crippen molar-refractivity contribution in [2.24, 2.45) is 17.8 Å². The number of carbonyl (C=O) groups is 3. The second-order valence-corrected chi connectivity index (χ2v) is 9.66. The predicted molar refractivity (Wildman–Crippen MR) is 136 cm³/mol. The minimum atomic E-state index is -1.09. The van der Waals surface area contributed by atoms with E-state index in [2.05, 4.69) is 13.2 Å². The molecule has 0 radical (unpaired) electrons. The molecule has 6 heteroatoms. The molecule has 0 saturated heterocycles. The van der Waals surface area contributed by atoms with Crippen molar-refractivity contribution in [1.29, 1.82) is 0 Å². The maximum Gasteiger partial charge on any atom is 0.336 e. The van der Waals surface area contributed by atoms with Crippen molar-refractivity contribution in [2.75, 3.05) is 6.61 Å². The van der Waals surface area contributed by atoms with Crippen LogP contribution in [0.2, 0.25) is 0 Å². The van der Waals surface area contributed by atoms with E-state index in [-0.39, 0.29) is 47.2 Å². The summed E-state index contributed by atoms with van der Waals surface area (Å²) in [5.74, 6) is -0.932. The van der Waals surface area contributed by atoms with Crippen LogP contribution in [-0.2, 0) is 9.53 Å². The summed E-state index contributed by atoms with van der Waals surface area (Å²) >= 11 is 0. The zero-order valence-electron chi connectivity index (χ0n) is 20.9. The van der Waals surface area contributed by atoms with Gasteiger partial charge < -0.3 is 14.9 Å². The summed E-state index contributed by atoms with van der Waals surface area (Å²) in [5, 5.41) is 19.2. The van der Waals surface area contributed by atoms with E-state index in [9.17, 15) is 24.6 Å². The first kappa shape index (κ1) is 28.5. The Hall–Kier alpha value is -2.73. The molecule has 1 aromatic rings. The Balaban J connectivity index is 2.02. The number of ether oxygens (including phenoxy) is 1. The first-order valence-corrected chi connectivity index (χ1v) is 12.8. The second kappa shape index (κ2) is 14.6. The number of aliphatic hydroxyl groups is 1. The predicted octanol–water partition coefficient (Wildman–Crippen LogP) is 6.00. The maximum absolute atomic E-state index is 12.9. The number of hydrogen-bond donors (Lipinski definition) is 2. The van der Waals surface area contributed by atoms with Crippen molar-refractivity contribution in [1.82, 2.24) is 0 Å². The molecule has 6 nitrogen and oxygen atoms in total. The quantitative estimate of drug-likeness (QED) is 0.104. The number of ketones is 1. The monoisotopic (exact) mass is 484 g/mol. The smallest absolute Gasteiger partial charge is 0.336 e. The molecule has 4 atom stereocenters. The molecule has 0 aliphatic heterocycles. The van der Waals surface area contributed by atoms with Crippen LogP contribution in [-0.4, -0.2) is 40.6 Å². The van der Waals surface area contributed by atoms with E-state index < -0.39 is 11.9 Å². The first-order chi connectivity index (χ1) is 16.8. The van der Waals surface area contributed by atoms with E-state index in [1.807, 2.05) is 6.92 Å². The number of rotatable bonds is 15. The lowest BCUT2D eigenvalue weighted by Crippen LogP contribution is -2.29. The minimum absolute atomic E-state index is 0.0421. The van der Waals surface area contributed by atoms with Gasteiger partial charge in [0.25, 0.3) is 0 Å². The number of benzene rings is 1. The van der Waals surface area contributed by atoms with Crippen molar-refractivity contribution in [3.63, 3.8) is 0 Å². The second-order valence-electron chi connectivity index (χ2n) is 9.66. The molecule has 1 fully saturated rings. The molecule has 35 heavy (non-hydrogen) atoms. The summed E-state index contributed by atoms with van der Waals surface area (Å²) < 4.78 is 5.30. The number of hydrogen-bond acceptors (Lipinski definition) is 5. The van der Waals surface area contributed by atoms with Crippen LogP contribution in [0.25, 0.3) is 0 Å². The van der Waals surface area contributed by atoms with Crippen LogP contribution in [0.15, 0.2) is 49.1 Å². The molecule has 2 N–H and O–H groups in total. The molecule has 2 rings (SSSR count). The Morgan fingerprint density at radius 3 is 2.51 bits per heavy atom. The molecule has 0 amide bonds. The van der Waals surface area contributed by atoms with E-state index in [0.717, 1.165) is 56.9 Å². The van der Waals surface area contributed by atoms with Crippen LogP contribution < -0.4 is 0 Å². The highest BCUT2D eigenvalue weighted by atomic mass is 16.5. The van der Waals surface area contributed by atoms with Gasteiger partial charge in [-0.25, -0.2) is 9.59 Å². The van der Waals surface area contributed by atoms with Crippen molar-refractivity contribution < 1.29 is 29.3 Å². The highest BCUT2D eigenvalue weighted by Gasteiger charge is 2.33. The number of carbonyl (C=O) groups excluding carboxylic acids is 2. The Bertz CT molecular complexity index is 889. The SMILES string of the molecule is C=CC(=O)OCC1CCC(CCC(=O)c2ccccc2C(=O)O)C(C(=C)CCCCC(O)CC)C1. The molecule has 1 aliphatic carbocycles. The third-order valence-electron chi connectivity index (χ3n) is 7.21. The number of unbranched alkanes of at least 4 members (excludes halogenated alkanes) is 1. The number of carboxylic acids is 1. The van der Waals surface area contributed by atoms with Gasteiger partial charge in [-0.2, -0.15) is 0 Å². The lowest BCUT2D eigenvalue weighted by Gasteiger charge is -2.37. The third kappa shape index (κ3) is 9.10. The molecule has 1 aromatic carbocycles. The molecular formula is C29H40O6. The summed E-state index contributed by atoms with van der Waals surface area (Å²) in [5.41, 5.74) is 1.45. The number of Topliss-reactive ketones (excluding diaryl/α,β-unsaturated/α-hetero) is 1. The lowest BCUT2D eigenvalue weighted by molar-refractivity contribution is -0.139. The number of allylic oxidation sites excluding steroid dienone is 1. The van der Waals surface area contributed by atoms with Crippen LogP contribution in [0.3, 0.4) is 0 Å². The molecule has 0 aromatic heterocycles. The summed E-state index contributed by atoms with van der Waals surface area (Å²) in [6.45, 7) is 10.2. The average Bonchev–Trinajstić information content (AvgIpc) is 2.87. The van der Waals surface area contributed by atoms with Gasteiger partial charge in [-0.3, -0.25) is 4.79 Å². The largest absolute Gasteiger partial charge is 0.478 e. The fourth-order valence-electron chi connectivity index (χ4n) is 5.06. The van der Waals surface area contributed by atoms with Crippen LogP contribution in [0.1, 0.15) is 91.8 Å². The Morgan fingerprint density at radius 1 is 1.14 bits per heavy atom. The van der Waals surface area contributed by atoms with Crippen molar-refractivity contribution in [2.45, 2.75) is 77.2 Å².